The summed E-state index contributed by atoms with van der Waals surface area (Å²) in [6.45, 7) is 10.3. The van der Waals surface area contributed by atoms with E-state index in [1.54, 1.807) is 6.92 Å². The van der Waals surface area contributed by atoms with Crippen LogP contribution in [0.15, 0.2) is 18.2 Å². The van der Waals surface area contributed by atoms with Gasteiger partial charge in [-0.1, -0.05) is 32.9 Å². The molecule has 1 heterocycles. The van der Waals surface area contributed by atoms with E-state index in [1.165, 1.54) is 0 Å². The molecule has 0 amide bonds. The summed E-state index contributed by atoms with van der Waals surface area (Å²) in [5, 5.41) is 11.6. The molecular formula is C17H20NO3S-. The van der Waals surface area contributed by atoms with Crippen molar-refractivity contribution in [1.82, 2.24) is 4.98 Å². The lowest BCUT2D eigenvalue weighted by Crippen LogP contribution is -2.21. The molecule has 0 radical (unpaired) electrons. The highest BCUT2D eigenvalue weighted by Crippen LogP contribution is 2.32. The van der Waals surface area contributed by atoms with E-state index in [-0.39, 0.29) is 16.9 Å². The third-order valence-corrected chi connectivity index (χ3v) is 4.43. The molecule has 118 valence electrons. The molecule has 0 aliphatic rings. The smallest absolute Gasteiger partial charge is 0.140 e. The number of aryl methyl sites for hydroxylation is 2. The SMILES string of the molecule is Cc1ccc(C(C)(C)C)c(OCc2nc(C)c(C(=O)[O-])s2)c1. The maximum Gasteiger partial charge on any atom is 0.140 e. The number of carbonyl (C=O) groups excluding carboxylic acids is 1. The van der Waals surface area contributed by atoms with Crippen molar-refractivity contribution in [1.29, 1.82) is 0 Å². The first-order valence-electron chi connectivity index (χ1n) is 7.10. The maximum absolute atomic E-state index is 11.0. The van der Waals surface area contributed by atoms with Crippen molar-refractivity contribution in [3.8, 4) is 5.75 Å². The van der Waals surface area contributed by atoms with E-state index in [0.717, 1.165) is 28.2 Å². The summed E-state index contributed by atoms with van der Waals surface area (Å²) < 4.78 is 5.91. The van der Waals surface area contributed by atoms with Crippen LogP contribution in [0.5, 0.6) is 5.75 Å². The van der Waals surface area contributed by atoms with Gasteiger partial charge in [0.05, 0.1) is 16.5 Å². The number of carboxylic acids is 1. The zero-order chi connectivity index (χ0) is 16.5. The van der Waals surface area contributed by atoms with E-state index >= 15 is 0 Å². The molecule has 0 atom stereocenters. The number of hydrogen-bond donors (Lipinski definition) is 0. The average Bonchev–Trinajstić information content (AvgIpc) is 2.76. The van der Waals surface area contributed by atoms with Crippen LogP contribution in [0, 0.1) is 13.8 Å². The number of nitrogens with zero attached hydrogens (tertiary/aromatic N) is 1. The highest BCUT2D eigenvalue weighted by atomic mass is 32.1. The van der Waals surface area contributed by atoms with Crippen LogP contribution in [-0.2, 0) is 12.0 Å². The van der Waals surface area contributed by atoms with Crippen molar-refractivity contribution in [2.24, 2.45) is 0 Å². The largest absolute Gasteiger partial charge is 0.544 e. The van der Waals surface area contributed by atoms with E-state index in [4.69, 9.17) is 4.74 Å². The summed E-state index contributed by atoms with van der Waals surface area (Å²) in [7, 11) is 0. The van der Waals surface area contributed by atoms with Crippen LogP contribution in [0.4, 0.5) is 0 Å². The molecule has 0 saturated heterocycles. The molecule has 4 nitrogen and oxygen atoms in total. The zero-order valence-corrected chi connectivity index (χ0v) is 14.3. The van der Waals surface area contributed by atoms with Gasteiger partial charge in [-0.15, -0.1) is 11.3 Å². The fourth-order valence-corrected chi connectivity index (χ4v) is 3.02. The third-order valence-electron chi connectivity index (χ3n) is 3.32. The Balaban J connectivity index is 2.23. The summed E-state index contributed by atoms with van der Waals surface area (Å²) in [5.41, 5.74) is 2.68. The Morgan fingerprint density at radius 1 is 1.32 bits per heavy atom. The molecule has 1 aromatic carbocycles. The second kappa shape index (κ2) is 6.08. The number of rotatable bonds is 4. The van der Waals surface area contributed by atoms with E-state index in [1.807, 2.05) is 13.0 Å². The molecule has 0 bridgehead atoms. The Kier molecular flexibility index (Phi) is 4.56. The van der Waals surface area contributed by atoms with Crippen molar-refractivity contribution >= 4 is 17.3 Å². The fraction of sp³-hybridized carbons (Fsp3) is 0.412. The predicted octanol–water partition coefficient (Wildman–Crippen LogP) is 3.00. The lowest BCUT2D eigenvalue weighted by Gasteiger charge is -2.23. The van der Waals surface area contributed by atoms with Crippen molar-refractivity contribution < 1.29 is 14.6 Å². The average molecular weight is 318 g/mol. The van der Waals surface area contributed by atoms with Crippen molar-refractivity contribution in [2.45, 2.75) is 46.6 Å². The molecule has 0 spiro atoms. The molecule has 0 aliphatic heterocycles. The van der Waals surface area contributed by atoms with Gasteiger partial charge in [0, 0.05) is 0 Å². The molecule has 0 aliphatic carbocycles. The van der Waals surface area contributed by atoms with Crippen LogP contribution in [0.25, 0.3) is 0 Å². The minimum absolute atomic E-state index is 0.0298. The number of carboxylic acid groups (broad SMARTS) is 1. The molecule has 5 heteroatoms. The summed E-state index contributed by atoms with van der Waals surface area (Å²) in [4.78, 5) is 15.4. The number of aromatic carboxylic acids is 1. The van der Waals surface area contributed by atoms with Crippen LogP contribution in [-0.4, -0.2) is 11.0 Å². The lowest BCUT2D eigenvalue weighted by molar-refractivity contribution is -0.254. The summed E-state index contributed by atoms with van der Waals surface area (Å²) >= 11 is 1.11. The minimum atomic E-state index is -1.19. The van der Waals surface area contributed by atoms with Gasteiger partial charge < -0.3 is 14.6 Å². The van der Waals surface area contributed by atoms with Gasteiger partial charge in [0.2, 0.25) is 0 Å². The van der Waals surface area contributed by atoms with E-state index < -0.39 is 5.97 Å². The van der Waals surface area contributed by atoms with Crippen LogP contribution >= 0.6 is 11.3 Å². The molecule has 0 fully saturated rings. The van der Waals surface area contributed by atoms with Gasteiger partial charge in [0.25, 0.3) is 0 Å². The molecule has 2 aromatic rings. The van der Waals surface area contributed by atoms with Gasteiger partial charge in [-0.25, -0.2) is 4.98 Å². The lowest BCUT2D eigenvalue weighted by atomic mass is 9.86. The second-order valence-corrected chi connectivity index (χ2v) is 7.43. The number of hydrogen-bond acceptors (Lipinski definition) is 5. The van der Waals surface area contributed by atoms with Gasteiger partial charge in [-0.05, 0) is 36.5 Å². The standard InChI is InChI=1S/C17H21NO3S/c1-10-6-7-12(17(3,4)5)13(8-10)21-9-14-18-11(2)15(22-14)16(19)20/h6-8H,9H2,1-5H3,(H,19,20)/p-1. The highest BCUT2D eigenvalue weighted by molar-refractivity contribution is 7.13. The molecule has 2 rings (SSSR count). The predicted molar refractivity (Wildman–Crippen MR) is 85.4 cm³/mol. The number of carbonyl (C=O) groups is 1. The van der Waals surface area contributed by atoms with Gasteiger partial charge in [-0.2, -0.15) is 0 Å². The molecule has 1 aromatic heterocycles. The number of benzene rings is 1. The summed E-state index contributed by atoms with van der Waals surface area (Å²) in [5.74, 6) is -0.373. The summed E-state index contributed by atoms with van der Waals surface area (Å²) in [6.07, 6.45) is 0. The van der Waals surface area contributed by atoms with Crippen LogP contribution in [0.1, 0.15) is 52.3 Å². The zero-order valence-electron chi connectivity index (χ0n) is 13.5. The second-order valence-electron chi connectivity index (χ2n) is 6.35. The summed E-state index contributed by atoms with van der Waals surface area (Å²) in [6, 6.07) is 6.14. The molecule has 0 unspecified atom stereocenters. The number of aromatic nitrogens is 1. The minimum Gasteiger partial charge on any atom is -0.544 e. The van der Waals surface area contributed by atoms with Gasteiger partial charge in [-0.3, -0.25) is 0 Å². The van der Waals surface area contributed by atoms with Crippen molar-refractivity contribution in [3.05, 3.63) is 44.9 Å². The maximum atomic E-state index is 11.0. The molecular weight excluding hydrogens is 298 g/mol. The van der Waals surface area contributed by atoms with Crippen LogP contribution < -0.4 is 9.84 Å². The topological polar surface area (TPSA) is 62.2 Å². The Labute approximate surface area is 134 Å². The number of ether oxygens (including phenoxy) is 1. The van der Waals surface area contributed by atoms with Crippen molar-refractivity contribution in [2.75, 3.05) is 0 Å². The first-order chi connectivity index (χ1) is 10.2. The quantitative estimate of drug-likeness (QED) is 0.869. The van der Waals surface area contributed by atoms with Crippen molar-refractivity contribution in [3.63, 3.8) is 0 Å². The molecule has 0 saturated carbocycles. The Morgan fingerprint density at radius 2 is 2.00 bits per heavy atom. The third kappa shape index (κ3) is 3.65. The van der Waals surface area contributed by atoms with E-state index in [2.05, 4.69) is 37.9 Å². The normalized spacial score (nSPS) is 11.5. The Bertz CT molecular complexity index is 698. The number of thiazole rings is 1. The van der Waals surface area contributed by atoms with Crippen LogP contribution in [0.2, 0.25) is 0 Å². The Hall–Kier alpha value is -1.88. The van der Waals surface area contributed by atoms with Gasteiger partial charge in [0.15, 0.2) is 0 Å². The first kappa shape index (κ1) is 16.5. The Morgan fingerprint density at radius 3 is 2.55 bits per heavy atom. The van der Waals surface area contributed by atoms with Crippen LogP contribution in [0.3, 0.4) is 0 Å². The first-order valence-corrected chi connectivity index (χ1v) is 7.91. The monoisotopic (exact) mass is 318 g/mol. The van der Waals surface area contributed by atoms with Gasteiger partial charge >= 0.3 is 0 Å². The highest BCUT2D eigenvalue weighted by Gasteiger charge is 2.19. The van der Waals surface area contributed by atoms with E-state index in [9.17, 15) is 9.90 Å². The van der Waals surface area contributed by atoms with E-state index in [0.29, 0.717) is 10.7 Å². The molecule has 22 heavy (non-hydrogen) atoms. The molecule has 0 N–H and O–H groups in total. The van der Waals surface area contributed by atoms with Gasteiger partial charge in [0.1, 0.15) is 17.4 Å². The fourth-order valence-electron chi connectivity index (χ4n) is 2.21.